The summed E-state index contributed by atoms with van der Waals surface area (Å²) in [6.07, 6.45) is 0. The Morgan fingerprint density at radius 1 is 1.07 bits per heavy atom. The van der Waals surface area contributed by atoms with Crippen LogP contribution in [0, 0.1) is 12.7 Å². The highest BCUT2D eigenvalue weighted by atomic mass is 19.1. The second kappa shape index (κ2) is 8.10. The quantitative estimate of drug-likeness (QED) is 0.353. The zero-order valence-electron chi connectivity index (χ0n) is 15.6. The zero-order valence-corrected chi connectivity index (χ0v) is 15.6. The lowest BCUT2D eigenvalue weighted by molar-refractivity contribution is 0.0452. The Hall–Kier alpha value is -3.74. The van der Waals surface area contributed by atoms with Gasteiger partial charge in [0.05, 0.1) is 22.3 Å². The number of hydrogen-bond acceptors (Lipinski definition) is 6. The van der Waals surface area contributed by atoms with Crippen LogP contribution >= 0.6 is 0 Å². The number of halogens is 1. The van der Waals surface area contributed by atoms with Crippen molar-refractivity contribution in [2.75, 3.05) is 13.2 Å². The fourth-order valence-electron chi connectivity index (χ4n) is 2.91. The van der Waals surface area contributed by atoms with E-state index in [1.807, 2.05) is 30.3 Å². The first-order valence-corrected chi connectivity index (χ1v) is 9.00. The van der Waals surface area contributed by atoms with E-state index in [1.165, 1.54) is 12.1 Å². The van der Waals surface area contributed by atoms with Gasteiger partial charge in [-0.15, -0.1) is 0 Å². The molecule has 0 aliphatic heterocycles. The lowest BCUT2D eigenvalue weighted by Gasteiger charge is -2.09. The summed E-state index contributed by atoms with van der Waals surface area (Å²) in [5.41, 5.74) is 2.14. The molecule has 2 aromatic carbocycles. The molecule has 4 rings (SSSR count). The van der Waals surface area contributed by atoms with Gasteiger partial charge in [0.1, 0.15) is 24.8 Å². The number of nitrogens with zero attached hydrogens (tertiary/aromatic N) is 2. The number of fused-ring (bicyclic) bond motifs is 1. The van der Waals surface area contributed by atoms with Crippen LogP contribution in [0.3, 0.4) is 0 Å². The number of carbonyl (C=O) groups is 1. The number of aryl methyl sites for hydroxylation is 1. The predicted molar refractivity (Wildman–Crippen MR) is 104 cm³/mol. The molecule has 0 saturated carbocycles. The van der Waals surface area contributed by atoms with E-state index >= 15 is 0 Å². The normalized spacial score (nSPS) is 10.8. The number of hydrogen-bond donors (Lipinski definition) is 0. The first-order valence-electron chi connectivity index (χ1n) is 9.00. The van der Waals surface area contributed by atoms with Gasteiger partial charge in [-0.25, -0.2) is 14.2 Å². The standard InChI is InChI=1S/C22H17FN2O4/c1-14-20-18(22(26)28-12-11-27-17-5-3-2-4-6-17)13-19(24-21(20)29-25-14)15-7-9-16(23)10-8-15/h2-10,13H,11-12H2,1H3. The van der Waals surface area contributed by atoms with E-state index in [0.29, 0.717) is 28.1 Å². The lowest BCUT2D eigenvalue weighted by atomic mass is 10.1. The molecular formula is C22H17FN2O4. The van der Waals surface area contributed by atoms with Gasteiger partial charge in [-0.1, -0.05) is 23.4 Å². The zero-order chi connectivity index (χ0) is 20.2. The third-order valence-corrected chi connectivity index (χ3v) is 4.31. The van der Waals surface area contributed by atoms with Gasteiger partial charge in [0.25, 0.3) is 5.71 Å². The Labute approximate surface area is 165 Å². The van der Waals surface area contributed by atoms with Gasteiger partial charge >= 0.3 is 5.97 Å². The SMILES string of the molecule is Cc1noc2nc(-c3ccc(F)cc3)cc(C(=O)OCCOc3ccccc3)c12. The molecule has 2 heterocycles. The van der Waals surface area contributed by atoms with E-state index in [9.17, 15) is 9.18 Å². The molecule has 4 aromatic rings. The van der Waals surface area contributed by atoms with Crippen molar-refractivity contribution < 1.29 is 23.2 Å². The van der Waals surface area contributed by atoms with Crippen LogP contribution in [0.4, 0.5) is 4.39 Å². The van der Waals surface area contributed by atoms with Crippen LogP contribution < -0.4 is 4.74 Å². The average molecular weight is 392 g/mol. The van der Waals surface area contributed by atoms with E-state index < -0.39 is 5.97 Å². The van der Waals surface area contributed by atoms with Crippen LogP contribution in [0.1, 0.15) is 16.1 Å². The summed E-state index contributed by atoms with van der Waals surface area (Å²) in [4.78, 5) is 17.1. The third-order valence-electron chi connectivity index (χ3n) is 4.31. The van der Waals surface area contributed by atoms with E-state index in [2.05, 4.69) is 10.1 Å². The van der Waals surface area contributed by atoms with Crippen molar-refractivity contribution in [3.8, 4) is 17.0 Å². The van der Waals surface area contributed by atoms with Gasteiger partial charge < -0.3 is 14.0 Å². The summed E-state index contributed by atoms with van der Waals surface area (Å²) < 4.78 is 29.4. The fraction of sp³-hybridized carbons (Fsp3) is 0.136. The van der Waals surface area contributed by atoms with Crippen molar-refractivity contribution >= 4 is 17.1 Å². The Balaban J connectivity index is 1.55. The maximum absolute atomic E-state index is 13.2. The van der Waals surface area contributed by atoms with Crippen LogP contribution in [-0.2, 0) is 4.74 Å². The summed E-state index contributed by atoms with van der Waals surface area (Å²) in [5, 5.41) is 4.38. The molecule has 0 spiro atoms. The Kier molecular flexibility index (Phi) is 5.20. The molecule has 0 aliphatic carbocycles. The van der Waals surface area contributed by atoms with E-state index in [-0.39, 0.29) is 30.3 Å². The van der Waals surface area contributed by atoms with Gasteiger partial charge in [-0.2, -0.15) is 0 Å². The lowest BCUT2D eigenvalue weighted by Crippen LogP contribution is -2.13. The molecule has 146 valence electrons. The predicted octanol–water partition coefficient (Wildman–Crippen LogP) is 4.57. The number of para-hydroxylation sites is 1. The molecule has 6 nitrogen and oxygen atoms in total. The summed E-state index contributed by atoms with van der Waals surface area (Å²) in [6, 6.07) is 16.7. The molecule has 7 heteroatoms. The smallest absolute Gasteiger partial charge is 0.339 e. The van der Waals surface area contributed by atoms with E-state index in [4.69, 9.17) is 14.0 Å². The van der Waals surface area contributed by atoms with Crippen molar-refractivity contribution in [1.29, 1.82) is 0 Å². The Morgan fingerprint density at radius 2 is 1.83 bits per heavy atom. The van der Waals surface area contributed by atoms with Crippen LogP contribution in [0.15, 0.2) is 65.2 Å². The number of ether oxygens (including phenoxy) is 2. The third kappa shape index (κ3) is 4.08. The molecule has 0 atom stereocenters. The van der Waals surface area contributed by atoms with Crippen LogP contribution in [0.25, 0.3) is 22.4 Å². The highest BCUT2D eigenvalue weighted by Gasteiger charge is 2.20. The van der Waals surface area contributed by atoms with Crippen LogP contribution in [0.2, 0.25) is 0 Å². The number of carbonyl (C=O) groups excluding carboxylic acids is 1. The number of pyridine rings is 1. The first-order chi connectivity index (χ1) is 14.1. The van der Waals surface area contributed by atoms with Crippen molar-refractivity contribution in [3.63, 3.8) is 0 Å². The summed E-state index contributed by atoms with van der Waals surface area (Å²) in [7, 11) is 0. The number of esters is 1. The molecule has 29 heavy (non-hydrogen) atoms. The highest BCUT2D eigenvalue weighted by molar-refractivity contribution is 6.04. The molecule has 0 fully saturated rings. The summed E-state index contributed by atoms with van der Waals surface area (Å²) in [6.45, 7) is 2.02. The van der Waals surface area contributed by atoms with Crippen molar-refractivity contribution in [2.45, 2.75) is 6.92 Å². The highest BCUT2D eigenvalue weighted by Crippen LogP contribution is 2.27. The number of rotatable bonds is 6. The molecule has 0 radical (unpaired) electrons. The first kappa shape index (κ1) is 18.6. The largest absolute Gasteiger partial charge is 0.490 e. The van der Waals surface area contributed by atoms with Gasteiger partial charge in [0, 0.05) is 5.56 Å². The van der Waals surface area contributed by atoms with Gasteiger partial charge in [-0.3, -0.25) is 0 Å². The minimum Gasteiger partial charge on any atom is -0.490 e. The van der Waals surface area contributed by atoms with E-state index in [1.54, 1.807) is 25.1 Å². The molecule has 0 unspecified atom stereocenters. The second-order valence-corrected chi connectivity index (χ2v) is 6.31. The minimum atomic E-state index is -0.538. The Bertz CT molecular complexity index is 1140. The van der Waals surface area contributed by atoms with Crippen molar-refractivity contribution in [2.24, 2.45) is 0 Å². The van der Waals surface area contributed by atoms with Crippen molar-refractivity contribution in [1.82, 2.24) is 10.1 Å². The fourth-order valence-corrected chi connectivity index (χ4v) is 2.91. The maximum atomic E-state index is 13.2. The van der Waals surface area contributed by atoms with Gasteiger partial charge in [0.2, 0.25) is 0 Å². The minimum absolute atomic E-state index is 0.0771. The van der Waals surface area contributed by atoms with Crippen LogP contribution in [-0.4, -0.2) is 29.3 Å². The monoisotopic (exact) mass is 392 g/mol. The number of aromatic nitrogens is 2. The van der Waals surface area contributed by atoms with Gasteiger partial charge in [-0.05, 0) is 49.4 Å². The molecule has 0 bridgehead atoms. The molecule has 2 aromatic heterocycles. The molecule has 0 aliphatic rings. The molecular weight excluding hydrogens is 375 g/mol. The van der Waals surface area contributed by atoms with Crippen molar-refractivity contribution in [3.05, 3.63) is 77.7 Å². The van der Waals surface area contributed by atoms with Gasteiger partial charge in [0.15, 0.2) is 0 Å². The molecule has 0 saturated heterocycles. The molecule has 0 amide bonds. The number of benzene rings is 2. The van der Waals surface area contributed by atoms with Crippen LogP contribution in [0.5, 0.6) is 5.75 Å². The summed E-state index contributed by atoms with van der Waals surface area (Å²) in [5.74, 6) is -0.199. The second-order valence-electron chi connectivity index (χ2n) is 6.31. The summed E-state index contributed by atoms with van der Waals surface area (Å²) >= 11 is 0. The average Bonchev–Trinajstić information content (AvgIpc) is 3.12. The maximum Gasteiger partial charge on any atom is 0.339 e. The Morgan fingerprint density at radius 3 is 2.59 bits per heavy atom. The van der Waals surface area contributed by atoms with E-state index in [0.717, 1.165) is 0 Å². The topological polar surface area (TPSA) is 74.5 Å². The molecule has 0 N–H and O–H groups in total.